The van der Waals surface area contributed by atoms with E-state index in [1.807, 2.05) is 10.6 Å². The molecule has 12 heavy (non-hydrogen) atoms. The molecule has 1 aliphatic heterocycles. The first-order valence-electron chi connectivity index (χ1n) is 2.85. The fourth-order valence-electron chi connectivity index (χ4n) is 0.665. The van der Waals surface area contributed by atoms with Crippen LogP contribution in [0, 0.1) is 10.2 Å². The molecule has 4 amide bonds. The zero-order valence-corrected chi connectivity index (χ0v) is 7.37. The van der Waals surface area contributed by atoms with Gasteiger partial charge in [0.25, 0.3) is 0 Å². The van der Waals surface area contributed by atoms with Crippen molar-refractivity contribution in [3.63, 3.8) is 0 Å². The molecule has 1 aliphatic rings. The van der Waals surface area contributed by atoms with Gasteiger partial charge in [-0.2, -0.15) is 0 Å². The number of urea groups is 1. The normalized spacial score (nSPS) is 18.1. The number of carbonyl (C=O) groups is 3. The van der Waals surface area contributed by atoms with Gasteiger partial charge in [-0.3, -0.25) is 0 Å². The van der Waals surface area contributed by atoms with E-state index in [4.69, 9.17) is 5.26 Å². The van der Waals surface area contributed by atoms with Crippen molar-refractivity contribution in [3.05, 3.63) is 0 Å². The summed E-state index contributed by atoms with van der Waals surface area (Å²) in [6.07, 6.45) is 0. The zero-order chi connectivity index (χ0) is 9.14. The number of nitrogens with zero attached hydrogens (tertiary/aromatic N) is 1. The maximum atomic E-state index is 10.9. The molecular weight excluding hydrogens is 229 g/mol. The summed E-state index contributed by atoms with van der Waals surface area (Å²) >= 11 is -0.755. The van der Waals surface area contributed by atoms with Gasteiger partial charge in [0.05, 0.1) is 0 Å². The Morgan fingerprint density at radius 1 is 1.25 bits per heavy atom. The number of nitrogens with one attached hydrogen (secondary N) is 2. The predicted molar refractivity (Wildman–Crippen MR) is 36.8 cm³/mol. The van der Waals surface area contributed by atoms with Gasteiger partial charge in [0.15, 0.2) is 0 Å². The number of nitriles is 1. The Kier molecular flexibility index (Phi) is 2.43. The molecule has 1 fully saturated rings. The van der Waals surface area contributed by atoms with E-state index < -0.39 is 37.6 Å². The molecule has 62 valence electrons. The van der Waals surface area contributed by atoms with Crippen LogP contribution in [0.2, 0.25) is 4.82 Å². The molecule has 1 rings (SSSR count). The molecule has 0 atom stereocenters. The van der Waals surface area contributed by atoms with Crippen LogP contribution in [0.25, 0.3) is 0 Å². The van der Waals surface area contributed by atoms with E-state index in [-0.39, 0.29) is 0 Å². The summed E-state index contributed by atoms with van der Waals surface area (Å²) in [5.41, 5.74) is 0. The number of hydrogen-bond acceptors (Lipinski definition) is 4. The van der Waals surface area contributed by atoms with E-state index in [9.17, 15) is 14.4 Å². The van der Waals surface area contributed by atoms with Crippen LogP contribution in [0.4, 0.5) is 4.79 Å². The number of barbiturate groups is 1. The number of rotatable bonds is 1. The van der Waals surface area contributed by atoms with Crippen LogP contribution >= 0.6 is 0 Å². The Hall–Kier alpha value is -1.38. The summed E-state index contributed by atoms with van der Waals surface area (Å²) in [5.74, 6) is -1.38. The second kappa shape index (κ2) is 3.34. The Morgan fingerprint density at radius 2 is 1.75 bits per heavy atom. The minimum absolute atomic E-state index is 0.690. The topological polar surface area (TPSA) is 99.1 Å². The quantitative estimate of drug-likeness (QED) is 0.417. The van der Waals surface area contributed by atoms with Crippen molar-refractivity contribution in [2.75, 3.05) is 0 Å². The number of hydrogen-bond donors (Lipinski definition) is 2. The van der Waals surface area contributed by atoms with Crippen LogP contribution in [-0.2, 0) is 9.59 Å². The molecule has 0 spiro atoms. The van der Waals surface area contributed by atoms with Crippen LogP contribution in [0.5, 0.6) is 0 Å². The first kappa shape index (κ1) is 8.71. The third kappa shape index (κ3) is 1.61. The molecule has 0 aliphatic carbocycles. The average Bonchev–Trinajstić information content (AvgIpc) is 1.96. The van der Waals surface area contributed by atoms with Crippen molar-refractivity contribution in [1.29, 1.82) is 5.26 Å². The minimum atomic E-state index is -1.000. The Bertz CT molecular complexity index is 275. The summed E-state index contributed by atoms with van der Waals surface area (Å²) in [4.78, 5) is 33.0. The second-order valence-corrected chi connectivity index (χ2v) is 3.76. The van der Waals surface area contributed by atoms with Crippen LogP contribution in [0.1, 0.15) is 0 Å². The fraction of sp³-hybridized carbons (Fsp3) is 0.200. The van der Waals surface area contributed by atoms with Crippen molar-refractivity contribution in [3.8, 4) is 4.97 Å². The molecule has 1 saturated heterocycles. The van der Waals surface area contributed by atoms with Crippen molar-refractivity contribution in [2.45, 2.75) is 4.82 Å². The van der Waals surface area contributed by atoms with Gasteiger partial charge < -0.3 is 0 Å². The summed E-state index contributed by atoms with van der Waals surface area (Å²) in [5, 5.41) is 12.1. The van der Waals surface area contributed by atoms with E-state index >= 15 is 0 Å². The molecule has 1 heterocycles. The van der Waals surface area contributed by atoms with E-state index in [2.05, 4.69) is 0 Å². The predicted octanol–water partition coefficient (Wildman–Crippen LogP) is -1.67. The van der Waals surface area contributed by atoms with Gasteiger partial charge in [-0.25, -0.2) is 0 Å². The van der Waals surface area contributed by atoms with Crippen LogP contribution in [0.3, 0.4) is 0 Å². The average molecular weight is 232 g/mol. The Balaban J connectivity index is 2.75. The number of imide groups is 2. The van der Waals surface area contributed by atoms with Gasteiger partial charge in [-0.1, -0.05) is 0 Å². The molecule has 0 bridgehead atoms. The standard InChI is InChI=1S/C5H3N3O3Se/c6-1-12-2-3(9)7-5(11)8-4(2)10/h2H,(H2,7,8,9,10,11). The first-order valence-corrected chi connectivity index (χ1v) is 4.70. The van der Waals surface area contributed by atoms with E-state index in [0.717, 1.165) is 0 Å². The molecule has 0 unspecified atom stereocenters. The first-order chi connectivity index (χ1) is 5.65. The van der Waals surface area contributed by atoms with Gasteiger partial charge in [-0.05, 0) is 0 Å². The number of carbonyl (C=O) groups excluding carboxylic acids is 3. The molecule has 0 aromatic heterocycles. The van der Waals surface area contributed by atoms with Gasteiger partial charge in [-0.15, -0.1) is 0 Å². The van der Waals surface area contributed by atoms with Gasteiger partial charge in [0.1, 0.15) is 0 Å². The van der Waals surface area contributed by atoms with Crippen molar-refractivity contribution in [2.24, 2.45) is 0 Å². The molecular formula is C5H3N3O3Se. The van der Waals surface area contributed by atoms with Crippen molar-refractivity contribution < 1.29 is 14.4 Å². The van der Waals surface area contributed by atoms with Crippen LogP contribution in [-0.4, -0.2) is 32.8 Å². The Labute approximate surface area is 73.5 Å². The van der Waals surface area contributed by atoms with Crippen LogP contribution < -0.4 is 10.6 Å². The van der Waals surface area contributed by atoms with E-state index in [1.165, 1.54) is 0 Å². The third-order valence-corrected chi connectivity index (χ3v) is 2.73. The molecule has 0 aromatic rings. The van der Waals surface area contributed by atoms with Crippen LogP contribution in [0.15, 0.2) is 0 Å². The van der Waals surface area contributed by atoms with Gasteiger partial charge >= 0.3 is 72.9 Å². The molecule has 0 aromatic carbocycles. The molecule has 2 N–H and O–H groups in total. The summed E-state index contributed by atoms with van der Waals surface area (Å²) in [6.45, 7) is 0. The van der Waals surface area contributed by atoms with Gasteiger partial charge in [0, 0.05) is 0 Å². The molecule has 6 nitrogen and oxygen atoms in total. The molecule has 0 saturated carbocycles. The molecule has 0 radical (unpaired) electrons. The summed E-state index contributed by atoms with van der Waals surface area (Å²) in [7, 11) is 0. The summed E-state index contributed by atoms with van der Waals surface area (Å²) < 4.78 is 0. The fourth-order valence-corrected chi connectivity index (χ4v) is 1.58. The second-order valence-electron chi connectivity index (χ2n) is 1.90. The monoisotopic (exact) mass is 233 g/mol. The van der Waals surface area contributed by atoms with Crippen molar-refractivity contribution >= 4 is 32.8 Å². The number of amides is 4. The van der Waals surface area contributed by atoms with Crippen molar-refractivity contribution in [1.82, 2.24) is 10.6 Å². The zero-order valence-electron chi connectivity index (χ0n) is 5.66. The van der Waals surface area contributed by atoms with E-state index in [0.29, 0.717) is 0 Å². The van der Waals surface area contributed by atoms with E-state index in [1.54, 1.807) is 4.97 Å². The third-order valence-electron chi connectivity index (χ3n) is 1.12. The summed E-state index contributed by atoms with van der Waals surface area (Å²) in [6, 6.07) is -0.824. The molecule has 7 heteroatoms. The SMILES string of the molecule is N#C[Se]C1C(=O)NC(=O)NC1=O. The maximum absolute atomic E-state index is 10.9. The van der Waals surface area contributed by atoms with Gasteiger partial charge in [0.2, 0.25) is 0 Å². The Morgan fingerprint density at radius 3 is 2.17 bits per heavy atom.